The highest BCUT2D eigenvalue weighted by molar-refractivity contribution is 7.84. The van der Waals surface area contributed by atoms with Gasteiger partial charge in [0.15, 0.2) is 0 Å². The number of piperazine rings is 1. The molecule has 0 bridgehead atoms. The van der Waals surface area contributed by atoms with Crippen LogP contribution in [-0.4, -0.2) is 76.0 Å². The van der Waals surface area contributed by atoms with Crippen molar-refractivity contribution in [2.24, 2.45) is 0 Å². The molecule has 39 heavy (non-hydrogen) atoms. The van der Waals surface area contributed by atoms with Gasteiger partial charge in [0, 0.05) is 76.6 Å². The lowest BCUT2D eigenvalue weighted by molar-refractivity contribution is -0.110. The molecule has 2 N–H and O–H groups in total. The summed E-state index contributed by atoms with van der Waals surface area (Å²) in [5.41, 5.74) is 7.06. The molecule has 3 heterocycles. The monoisotopic (exact) mass is 564 g/mol. The minimum Gasteiger partial charge on any atom is -0.358 e. The molecule has 0 saturated carbocycles. The maximum atomic E-state index is 13.7. The van der Waals surface area contributed by atoms with Crippen LogP contribution in [0.2, 0.25) is 5.02 Å². The van der Waals surface area contributed by atoms with Gasteiger partial charge in [-0.1, -0.05) is 35.9 Å². The molecule has 7 nitrogen and oxygen atoms in total. The fourth-order valence-electron chi connectivity index (χ4n) is 5.40. The second kappa shape index (κ2) is 11.5. The van der Waals surface area contributed by atoms with E-state index in [1.165, 1.54) is 0 Å². The van der Waals surface area contributed by atoms with E-state index >= 15 is 0 Å². The van der Waals surface area contributed by atoms with Crippen LogP contribution in [0.5, 0.6) is 0 Å². The van der Waals surface area contributed by atoms with E-state index in [1.54, 1.807) is 6.26 Å². The first-order valence-electron chi connectivity index (χ1n) is 13.1. The number of hydrogen-bond acceptors (Lipinski definition) is 4. The number of aromatic amines is 1. The summed E-state index contributed by atoms with van der Waals surface area (Å²) in [5.74, 6) is 0.366. The Labute approximate surface area is 236 Å². The molecule has 1 saturated heterocycles. The molecule has 3 aromatic rings. The van der Waals surface area contributed by atoms with Crippen LogP contribution in [0, 0.1) is 6.92 Å². The number of amides is 2. The molecule has 1 unspecified atom stereocenters. The number of nitrogens with one attached hydrogen (secondary N) is 2. The standard InChI is InChI=1S/C30H33ClN4O3S/c1-19-27(30(37)35-15-13-34(2)14-16-35)23(7-5-17-39(3)38)26(32-19)18-24-28-22(20-9-11-21(31)12-10-20)6-4-8-25(28)33-29(24)36/h4,6,8-12,18,32H,5,7,13-17H2,1-3H3,(H,33,36). The van der Waals surface area contributed by atoms with Crippen LogP contribution in [0.3, 0.4) is 0 Å². The Morgan fingerprint density at radius 2 is 1.82 bits per heavy atom. The summed E-state index contributed by atoms with van der Waals surface area (Å²) >= 11 is 6.13. The number of hydrogen-bond donors (Lipinski definition) is 2. The number of nitrogens with zero attached hydrogens (tertiary/aromatic N) is 2. The van der Waals surface area contributed by atoms with E-state index in [2.05, 4.69) is 22.2 Å². The molecular formula is C30H33ClN4O3S. The van der Waals surface area contributed by atoms with Crippen LogP contribution in [-0.2, 0) is 22.0 Å². The number of anilines is 1. The molecule has 2 amide bonds. The third-order valence-electron chi connectivity index (χ3n) is 7.46. The Hall–Kier alpha value is -3.20. The Morgan fingerprint density at radius 3 is 2.51 bits per heavy atom. The highest BCUT2D eigenvalue weighted by atomic mass is 35.5. The van der Waals surface area contributed by atoms with E-state index in [-0.39, 0.29) is 11.8 Å². The van der Waals surface area contributed by atoms with Gasteiger partial charge in [0.2, 0.25) is 0 Å². The minimum absolute atomic E-state index is 0.00671. The van der Waals surface area contributed by atoms with Crippen LogP contribution in [0.1, 0.15) is 39.3 Å². The zero-order chi connectivity index (χ0) is 27.7. The lowest BCUT2D eigenvalue weighted by Crippen LogP contribution is -2.47. The maximum Gasteiger partial charge on any atom is 0.256 e. The molecule has 0 aliphatic carbocycles. The molecule has 0 radical (unpaired) electrons. The van der Waals surface area contributed by atoms with E-state index in [0.29, 0.717) is 47.8 Å². The number of carbonyl (C=O) groups excluding carboxylic acids is 2. The number of halogens is 1. The fourth-order valence-corrected chi connectivity index (χ4v) is 6.07. The summed E-state index contributed by atoms with van der Waals surface area (Å²) in [6.45, 7) is 4.93. The molecular weight excluding hydrogens is 532 g/mol. The summed E-state index contributed by atoms with van der Waals surface area (Å²) in [5, 5.41) is 3.65. The third kappa shape index (κ3) is 5.73. The number of fused-ring (bicyclic) bond motifs is 1. The summed E-state index contributed by atoms with van der Waals surface area (Å²) < 4.78 is 11.8. The molecule has 9 heteroatoms. The average Bonchev–Trinajstić information content (AvgIpc) is 3.39. The number of rotatable bonds is 7. The summed E-state index contributed by atoms with van der Waals surface area (Å²) in [4.78, 5) is 34.5. The van der Waals surface area contributed by atoms with E-state index in [9.17, 15) is 13.8 Å². The Morgan fingerprint density at radius 1 is 1.10 bits per heavy atom. The van der Waals surface area contributed by atoms with Crippen molar-refractivity contribution in [2.45, 2.75) is 19.8 Å². The second-order valence-electron chi connectivity index (χ2n) is 10.2. The quantitative estimate of drug-likeness (QED) is 0.402. The van der Waals surface area contributed by atoms with Crippen molar-refractivity contribution < 1.29 is 13.8 Å². The van der Waals surface area contributed by atoms with E-state index in [4.69, 9.17) is 11.6 Å². The Balaban J connectivity index is 1.59. The summed E-state index contributed by atoms with van der Waals surface area (Å²) in [6.07, 6.45) is 4.83. The van der Waals surface area contributed by atoms with Crippen molar-refractivity contribution in [1.82, 2.24) is 14.8 Å². The van der Waals surface area contributed by atoms with E-state index in [1.807, 2.05) is 60.4 Å². The zero-order valence-electron chi connectivity index (χ0n) is 22.5. The van der Waals surface area contributed by atoms with Gasteiger partial charge in [-0.25, -0.2) is 0 Å². The van der Waals surface area contributed by atoms with Gasteiger partial charge in [-0.3, -0.25) is 13.8 Å². The molecule has 1 atom stereocenters. The van der Waals surface area contributed by atoms with Crippen LogP contribution < -0.4 is 5.32 Å². The van der Waals surface area contributed by atoms with E-state index < -0.39 is 10.8 Å². The molecule has 2 aliphatic rings. The molecule has 0 spiro atoms. The normalized spacial score (nSPS) is 17.4. The van der Waals surface area contributed by atoms with Gasteiger partial charge in [0.25, 0.3) is 11.8 Å². The third-order valence-corrected chi connectivity index (χ3v) is 8.57. The topological polar surface area (TPSA) is 85.5 Å². The number of aromatic nitrogens is 1. The van der Waals surface area contributed by atoms with Gasteiger partial charge < -0.3 is 20.1 Å². The molecule has 1 fully saturated rings. The summed E-state index contributed by atoms with van der Waals surface area (Å²) in [7, 11) is 1.13. The van der Waals surface area contributed by atoms with Crippen molar-refractivity contribution in [3.05, 3.63) is 75.6 Å². The van der Waals surface area contributed by atoms with Gasteiger partial charge in [0.05, 0.1) is 11.1 Å². The number of H-pyrrole nitrogens is 1. The minimum atomic E-state index is -0.930. The van der Waals surface area contributed by atoms with Crippen LogP contribution >= 0.6 is 11.6 Å². The number of likely N-dealkylation sites (N-methyl/N-ethyl adjacent to an activating group) is 1. The lowest BCUT2D eigenvalue weighted by atomic mass is 9.93. The molecule has 204 valence electrons. The van der Waals surface area contributed by atoms with Gasteiger partial charge >= 0.3 is 0 Å². The van der Waals surface area contributed by atoms with Crippen LogP contribution in [0.25, 0.3) is 22.8 Å². The Bertz CT molecular complexity index is 1470. The van der Waals surface area contributed by atoms with E-state index in [0.717, 1.165) is 52.4 Å². The first-order valence-corrected chi connectivity index (χ1v) is 15.2. The van der Waals surface area contributed by atoms with Gasteiger partial charge in [-0.2, -0.15) is 0 Å². The number of carbonyl (C=O) groups is 2. The average molecular weight is 565 g/mol. The summed E-state index contributed by atoms with van der Waals surface area (Å²) in [6, 6.07) is 13.4. The number of aryl methyl sites for hydroxylation is 1. The molecule has 1 aromatic heterocycles. The highest BCUT2D eigenvalue weighted by Gasteiger charge is 2.30. The second-order valence-corrected chi connectivity index (χ2v) is 12.2. The van der Waals surface area contributed by atoms with Crippen molar-refractivity contribution >= 4 is 51.6 Å². The fraction of sp³-hybridized carbons (Fsp3) is 0.333. The predicted octanol–water partition coefficient (Wildman–Crippen LogP) is 4.83. The molecule has 2 aliphatic heterocycles. The first-order chi connectivity index (χ1) is 18.7. The van der Waals surface area contributed by atoms with Gasteiger partial charge in [-0.05, 0) is 67.8 Å². The van der Waals surface area contributed by atoms with Crippen molar-refractivity contribution in [1.29, 1.82) is 0 Å². The smallest absolute Gasteiger partial charge is 0.256 e. The largest absolute Gasteiger partial charge is 0.358 e. The zero-order valence-corrected chi connectivity index (χ0v) is 24.0. The SMILES string of the molecule is Cc1[nH]c(C=C2C(=O)Nc3cccc(-c4ccc(Cl)cc4)c32)c(CCCS(C)=O)c1C(=O)N1CCN(C)CC1. The van der Waals surface area contributed by atoms with Crippen LogP contribution in [0.15, 0.2) is 42.5 Å². The predicted molar refractivity (Wildman–Crippen MR) is 160 cm³/mol. The lowest BCUT2D eigenvalue weighted by Gasteiger charge is -2.32. The van der Waals surface area contributed by atoms with Gasteiger partial charge in [0.1, 0.15) is 0 Å². The van der Waals surface area contributed by atoms with Crippen molar-refractivity contribution in [3.8, 4) is 11.1 Å². The molecule has 5 rings (SSSR count). The number of benzene rings is 2. The van der Waals surface area contributed by atoms with Crippen LogP contribution in [0.4, 0.5) is 5.69 Å². The first kappa shape index (κ1) is 27.4. The van der Waals surface area contributed by atoms with Gasteiger partial charge in [-0.15, -0.1) is 0 Å². The van der Waals surface area contributed by atoms with Crippen molar-refractivity contribution in [3.63, 3.8) is 0 Å². The highest BCUT2D eigenvalue weighted by Crippen LogP contribution is 2.41. The molecule has 2 aromatic carbocycles. The Kier molecular flexibility index (Phi) is 8.07. The maximum absolute atomic E-state index is 13.7. The van der Waals surface area contributed by atoms with Crippen molar-refractivity contribution in [2.75, 3.05) is 50.6 Å².